The fourth-order valence-electron chi connectivity index (χ4n) is 1.94. The van der Waals surface area contributed by atoms with Gasteiger partial charge >= 0.3 is 0 Å². The summed E-state index contributed by atoms with van der Waals surface area (Å²) in [5.74, 6) is 0.865. The lowest BCUT2D eigenvalue weighted by Crippen LogP contribution is -2.33. The first-order valence-electron chi connectivity index (χ1n) is 6.88. The summed E-state index contributed by atoms with van der Waals surface area (Å²) in [7, 11) is 1.62. The summed E-state index contributed by atoms with van der Waals surface area (Å²) < 4.78 is 5.34. The van der Waals surface area contributed by atoms with Crippen molar-refractivity contribution in [2.75, 3.05) is 25.1 Å². The molecule has 0 saturated carbocycles. The predicted molar refractivity (Wildman–Crippen MR) is 78.5 cm³/mol. The van der Waals surface area contributed by atoms with Crippen molar-refractivity contribution in [2.45, 2.75) is 32.6 Å². The van der Waals surface area contributed by atoms with Crippen LogP contribution in [-0.2, 0) is 4.79 Å². The number of nitrogens with zero attached hydrogens (tertiary/aromatic N) is 1. The van der Waals surface area contributed by atoms with Crippen LogP contribution in [0.15, 0.2) is 24.3 Å². The number of ether oxygens (including phenoxy) is 1. The molecule has 1 aromatic rings. The molecule has 0 aliphatic rings. The van der Waals surface area contributed by atoms with E-state index in [1.165, 1.54) is 0 Å². The molecule has 0 spiro atoms. The summed E-state index contributed by atoms with van der Waals surface area (Å²) in [5, 5.41) is 0. The average Bonchev–Trinajstić information content (AvgIpc) is 2.45. The minimum absolute atomic E-state index is 0.139. The zero-order chi connectivity index (χ0) is 14.1. The maximum Gasteiger partial charge on any atom is 0.227 e. The van der Waals surface area contributed by atoms with Gasteiger partial charge in [-0.2, -0.15) is 0 Å². The first-order valence-corrected chi connectivity index (χ1v) is 6.88. The lowest BCUT2D eigenvalue weighted by molar-refractivity contribution is -0.118. The van der Waals surface area contributed by atoms with Crippen molar-refractivity contribution in [3.05, 3.63) is 24.3 Å². The molecule has 0 aromatic heterocycles. The maximum absolute atomic E-state index is 12.3. The molecule has 0 atom stereocenters. The van der Waals surface area contributed by atoms with Gasteiger partial charge in [-0.15, -0.1) is 0 Å². The Bertz CT molecular complexity index is 393. The monoisotopic (exact) mass is 264 g/mol. The molecule has 4 heteroatoms. The highest BCUT2D eigenvalue weighted by molar-refractivity contribution is 5.94. The van der Waals surface area contributed by atoms with E-state index >= 15 is 0 Å². The molecule has 1 aromatic carbocycles. The van der Waals surface area contributed by atoms with Crippen LogP contribution in [0.3, 0.4) is 0 Å². The van der Waals surface area contributed by atoms with E-state index in [9.17, 15) is 4.79 Å². The number of benzene rings is 1. The molecular weight excluding hydrogens is 240 g/mol. The summed E-state index contributed by atoms with van der Waals surface area (Å²) in [6, 6.07) is 7.61. The van der Waals surface area contributed by atoms with E-state index < -0.39 is 0 Å². The summed E-state index contributed by atoms with van der Waals surface area (Å²) in [4.78, 5) is 14.1. The van der Waals surface area contributed by atoms with Crippen LogP contribution >= 0.6 is 0 Å². The van der Waals surface area contributed by atoms with E-state index in [1.54, 1.807) is 12.0 Å². The van der Waals surface area contributed by atoms with Crippen molar-refractivity contribution >= 4 is 11.6 Å². The van der Waals surface area contributed by atoms with Gasteiger partial charge in [-0.1, -0.05) is 25.5 Å². The number of hydrogen-bond donors (Lipinski definition) is 1. The number of nitrogens with two attached hydrogens (primary N) is 1. The van der Waals surface area contributed by atoms with E-state index in [1.807, 2.05) is 24.3 Å². The van der Waals surface area contributed by atoms with Gasteiger partial charge in [-0.3, -0.25) is 4.79 Å². The van der Waals surface area contributed by atoms with Crippen molar-refractivity contribution in [2.24, 2.45) is 5.73 Å². The number of hydrogen-bond acceptors (Lipinski definition) is 3. The number of methoxy groups -OCH3 is 1. The van der Waals surface area contributed by atoms with Crippen molar-refractivity contribution in [3.8, 4) is 5.75 Å². The molecule has 19 heavy (non-hydrogen) atoms. The fourth-order valence-corrected chi connectivity index (χ4v) is 1.94. The van der Waals surface area contributed by atoms with Crippen LogP contribution < -0.4 is 15.4 Å². The zero-order valence-electron chi connectivity index (χ0n) is 11.9. The Morgan fingerprint density at radius 1 is 1.32 bits per heavy atom. The molecular formula is C15H24N2O2. The van der Waals surface area contributed by atoms with Gasteiger partial charge in [0.15, 0.2) is 0 Å². The van der Waals surface area contributed by atoms with Crippen LogP contribution in [0, 0.1) is 0 Å². The Kier molecular flexibility index (Phi) is 6.97. The molecule has 0 radical (unpaired) electrons. The molecule has 4 nitrogen and oxygen atoms in total. The second-order valence-corrected chi connectivity index (χ2v) is 4.46. The largest absolute Gasteiger partial charge is 0.495 e. The van der Waals surface area contributed by atoms with E-state index in [-0.39, 0.29) is 5.91 Å². The number of rotatable bonds is 8. The normalized spacial score (nSPS) is 10.3. The maximum atomic E-state index is 12.3. The van der Waals surface area contributed by atoms with Gasteiger partial charge in [0.25, 0.3) is 0 Å². The van der Waals surface area contributed by atoms with Crippen molar-refractivity contribution in [1.82, 2.24) is 0 Å². The van der Waals surface area contributed by atoms with Crippen molar-refractivity contribution in [1.29, 1.82) is 0 Å². The van der Waals surface area contributed by atoms with Crippen molar-refractivity contribution < 1.29 is 9.53 Å². The van der Waals surface area contributed by atoms with Gasteiger partial charge < -0.3 is 15.4 Å². The zero-order valence-corrected chi connectivity index (χ0v) is 11.9. The highest BCUT2D eigenvalue weighted by atomic mass is 16.5. The third-order valence-electron chi connectivity index (χ3n) is 3.01. The highest BCUT2D eigenvalue weighted by Crippen LogP contribution is 2.28. The smallest absolute Gasteiger partial charge is 0.227 e. The molecule has 0 saturated heterocycles. The van der Waals surface area contributed by atoms with Crippen LogP contribution in [0.4, 0.5) is 5.69 Å². The number of carbonyl (C=O) groups excluding carboxylic acids is 1. The third-order valence-corrected chi connectivity index (χ3v) is 3.01. The quantitative estimate of drug-likeness (QED) is 0.785. The second kappa shape index (κ2) is 8.53. The molecule has 0 aliphatic heterocycles. The molecule has 0 bridgehead atoms. The summed E-state index contributed by atoms with van der Waals surface area (Å²) >= 11 is 0. The van der Waals surface area contributed by atoms with Crippen molar-refractivity contribution in [3.63, 3.8) is 0 Å². The van der Waals surface area contributed by atoms with Crippen LogP contribution in [0.25, 0.3) is 0 Å². The number of amides is 1. The molecule has 0 heterocycles. The Morgan fingerprint density at radius 3 is 2.68 bits per heavy atom. The second-order valence-electron chi connectivity index (χ2n) is 4.46. The lowest BCUT2D eigenvalue weighted by atomic mass is 10.2. The summed E-state index contributed by atoms with van der Waals surface area (Å²) in [5.41, 5.74) is 6.39. The van der Waals surface area contributed by atoms with E-state index in [4.69, 9.17) is 10.5 Å². The van der Waals surface area contributed by atoms with E-state index in [2.05, 4.69) is 6.92 Å². The number of anilines is 1. The standard InChI is InChI=1S/C15H24N2O2/c1-3-4-10-15(18)17(12-7-11-16)13-8-5-6-9-14(13)19-2/h5-6,8-9H,3-4,7,10-12,16H2,1-2H3. The Hall–Kier alpha value is -1.55. The Balaban J connectivity index is 2.91. The van der Waals surface area contributed by atoms with Gasteiger partial charge in [-0.05, 0) is 31.5 Å². The molecule has 0 aliphatic carbocycles. The lowest BCUT2D eigenvalue weighted by Gasteiger charge is -2.24. The predicted octanol–water partition coefficient (Wildman–Crippen LogP) is 2.57. The first-order chi connectivity index (χ1) is 9.24. The summed E-state index contributed by atoms with van der Waals surface area (Å²) in [6.45, 7) is 3.30. The number of para-hydroxylation sites is 2. The minimum atomic E-state index is 0.139. The molecule has 0 fully saturated rings. The SMILES string of the molecule is CCCCC(=O)N(CCCN)c1ccccc1OC. The molecule has 2 N–H and O–H groups in total. The van der Waals surface area contributed by atoms with Gasteiger partial charge in [0, 0.05) is 13.0 Å². The molecule has 106 valence electrons. The highest BCUT2D eigenvalue weighted by Gasteiger charge is 2.17. The van der Waals surface area contributed by atoms with Crippen LogP contribution in [0.1, 0.15) is 32.6 Å². The molecule has 1 amide bonds. The van der Waals surface area contributed by atoms with E-state index in [0.29, 0.717) is 19.5 Å². The molecule has 0 unspecified atom stereocenters. The average molecular weight is 264 g/mol. The Morgan fingerprint density at radius 2 is 2.05 bits per heavy atom. The fraction of sp³-hybridized carbons (Fsp3) is 0.533. The minimum Gasteiger partial charge on any atom is -0.495 e. The number of unbranched alkanes of at least 4 members (excludes halogenated alkanes) is 1. The van der Waals surface area contributed by atoms with Gasteiger partial charge in [0.05, 0.1) is 12.8 Å². The van der Waals surface area contributed by atoms with Gasteiger partial charge in [0.2, 0.25) is 5.91 Å². The number of carbonyl (C=O) groups is 1. The van der Waals surface area contributed by atoms with Crippen LogP contribution in [-0.4, -0.2) is 26.1 Å². The summed E-state index contributed by atoms with van der Waals surface area (Å²) in [6.07, 6.45) is 3.28. The van der Waals surface area contributed by atoms with Crippen LogP contribution in [0.5, 0.6) is 5.75 Å². The first kappa shape index (κ1) is 15.5. The van der Waals surface area contributed by atoms with Crippen LogP contribution in [0.2, 0.25) is 0 Å². The third kappa shape index (κ3) is 4.56. The van der Waals surface area contributed by atoms with E-state index in [0.717, 1.165) is 30.7 Å². The topological polar surface area (TPSA) is 55.6 Å². The van der Waals surface area contributed by atoms with Gasteiger partial charge in [-0.25, -0.2) is 0 Å². The molecule has 1 rings (SSSR count). The Labute approximate surface area is 115 Å². The van der Waals surface area contributed by atoms with Gasteiger partial charge in [0.1, 0.15) is 5.75 Å².